The summed E-state index contributed by atoms with van der Waals surface area (Å²) in [5.74, 6) is 0.569. The number of thioether (sulfide) groups is 1. The van der Waals surface area contributed by atoms with Gasteiger partial charge in [-0.3, -0.25) is 0 Å². The van der Waals surface area contributed by atoms with Crippen molar-refractivity contribution in [1.29, 1.82) is 0 Å². The fraction of sp³-hybridized carbons (Fsp3) is 0.600. The van der Waals surface area contributed by atoms with Crippen molar-refractivity contribution in [2.75, 3.05) is 19.8 Å². The van der Waals surface area contributed by atoms with E-state index in [1.165, 1.54) is 10.5 Å². The van der Waals surface area contributed by atoms with Gasteiger partial charge in [-0.15, -0.1) is 11.8 Å². The van der Waals surface area contributed by atoms with Crippen LogP contribution in [-0.4, -0.2) is 30.8 Å². The topological polar surface area (TPSA) is 29.3 Å². The fourth-order valence-corrected chi connectivity index (χ4v) is 2.23. The van der Waals surface area contributed by atoms with Crippen LogP contribution < -0.4 is 5.73 Å². The highest BCUT2D eigenvalue weighted by atomic mass is 32.2. The van der Waals surface area contributed by atoms with Crippen LogP contribution in [0.4, 0.5) is 0 Å². The molecule has 18 heavy (non-hydrogen) atoms. The Hall–Kier alpha value is -0.510. The van der Waals surface area contributed by atoms with Crippen molar-refractivity contribution in [3.8, 4) is 0 Å². The average Bonchev–Trinajstić information content (AvgIpc) is 2.36. The maximum atomic E-state index is 6.07. The number of nitrogens with two attached hydrogens (primary N) is 1. The predicted molar refractivity (Wildman–Crippen MR) is 82.0 cm³/mol. The van der Waals surface area contributed by atoms with Crippen molar-refractivity contribution in [3.05, 3.63) is 29.8 Å². The first-order valence-corrected chi connectivity index (χ1v) is 7.82. The van der Waals surface area contributed by atoms with Crippen LogP contribution >= 0.6 is 11.8 Å². The first-order chi connectivity index (χ1) is 8.52. The standard InChI is InChI=1S/C15H26N2S/c1-12(2)15(16)9-10-17(3)11-13-5-7-14(18-4)8-6-13/h5-8,12,15H,9-11,16H2,1-4H3. The monoisotopic (exact) mass is 266 g/mol. The van der Waals surface area contributed by atoms with Gasteiger partial charge in [0.2, 0.25) is 0 Å². The van der Waals surface area contributed by atoms with Gasteiger partial charge in [0.25, 0.3) is 0 Å². The first-order valence-electron chi connectivity index (χ1n) is 6.60. The lowest BCUT2D eigenvalue weighted by Crippen LogP contribution is -2.31. The molecular weight excluding hydrogens is 240 g/mol. The minimum absolute atomic E-state index is 0.311. The van der Waals surface area contributed by atoms with E-state index >= 15 is 0 Å². The highest BCUT2D eigenvalue weighted by molar-refractivity contribution is 7.98. The largest absolute Gasteiger partial charge is 0.327 e. The number of benzene rings is 1. The molecule has 2 nitrogen and oxygen atoms in total. The normalized spacial score (nSPS) is 13.3. The molecular formula is C15H26N2S. The predicted octanol–water partition coefficient (Wildman–Crippen LogP) is 3.21. The Bertz CT molecular complexity index is 335. The second kappa shape index (κ2) is 7.82. The summed E-state index contributed by atoms with van der Waals surface area (Å²) in [4.78, 5) is 3.67. The third kappa shape index (κ3) is 5.42. The molecule has 0 spiro atoms. The van der Waals surface area contributed by atoms with Crippen molar-refractivity contribution < 1.29 is 0 Å². The molecule has 0 aliphatic heterocycles. The zero-order chi connectivity index (χ0) is 13.5. The van der Waals surface area contributed by atoms with Gasteiger partial charge < -0.3 is 10.6 Å². The molecule has 2 N–H and O–H groups in total. The average molecular weight is 266 g/mol. The molecule has 102 valence electrons. The highest BCUT2D eigenvalue weighted by Gasteiger charge is 2.09. The molecule has 0 saturated heterocycles. The SMILES string of the molecule is CSc1ccc(CN(C)CCC(N)C(C)C)cc1. The van der Waals surface area contributed by atoms with Crippen LogP contribution in [0.2, 0.25) is 0 Å². The summed E-state index contributed by atoms with van der Waals surface area (Å²) in [7, 11) is 2.16. The van der Waals surface area contributed by atoms with Gasteiger partial charge in [0.15, 0.2) is 0 Å². The quantitative estimate of drug-likeness (QED) is 0.768. The summed E-state index contributed by atoms with van der Waals surface area (Å²) in [5, 5.41) is 0. The van der Waals surface area contributed by atoms with Crippen LogP contribution in [0.5, 0.6) is 0 Å². The van der Waals surface area contributed by atoms with E-state index in [2.05, 4.69) is 56.3 Å². The minimum atomic E-state index is 0.311. The van der Waals surface area contributed by atoms with Crippen molar-refractivity contribution in [2.45, 2.75) is 37.8 Å². The molecule has 0 aliphatic rings. The minimum Gasteiger partial charge on any atom is -0.327 e. The van der Waals surface area contributed by atoms with Gasteiger partial charge in [-0.05, 0) is 49.9 Å². The van der Waals surface area contributed by atoms with Crippen LogP contribution in [0, 0.1) is 5.92 Å². The molecule has 1 rings (SSSR count). The highest BCUT2D eigenvalue weighted by Crippen LogP contribution is 2.15. The van der Waals surface area contributed by atoms with Gasteiger partial charge in [-0.25, -0.2) is 0 Å². The Morgan fingerprint density at radius 3 is 2.33 bits per heavy atom. The lowest BCUT2D eigenvalue weighted by molar-refractivity contribution is 0.296. The van der Waals surface area contributed by atoms with E-state index in [-0.39, 0.29) is 0 Å². The molecule has 3 heteroatoms. The summed E-state index contributed by atoms with van der Waals surface area (Å²) in [6.07, 6.45) is 3.17. The number of hydrogen-bond donors (Lipinski definition) is 1. The molecule has 1 aromatic rings. The summed E-state index contributed by atoms with van der Waals surface area (Å²) in [6, 6.07) is 9.11. The van der Waals surface area contributed by atoms with Gasteiger partial charge in [0, 0.05) is 17.5 Å². The van der Waals surface area contributed by atoms with E-state index in [9.17, 15) is 0 Å². The molecule has 0 saturated carbocycles. The van der Waals surface area contributed by atoms with E-state index in [1.807, 2.05) is 0 Å². The van der Waals surface area contributed by atoms with E-state index in [0.29, 0.717) is 12.0 Å². The van der Waals surface area contributed by atoms with Crippen molar-refractivity contribution in [1.82, 2.24) is 4.90 Å². The molecule has 0 amide bonds. The van der Waals surface area contributed by atoms with Crippen LogP contribution in [0.15, 0.2) is 29.2 Å². The smallest absolute Gasteiger partial charge is 0.0230 e. The lowest BCUT2D eigenvalue weighted by Gasteiger charge is -2.21. The zero-order valence-electron chi connectivity index (χ0n) is 12.0. The molecule has 0 fully saturated rings. The maximum Gasteiger partial charge on any atom is 0.0230 e. The Morgan fingerprint density at radius 2 is 1.83 bits per heavy atom. The van der Waals surface area contributed by atoms with Crippen molar-refractivity contribution >= 4 is 11.8 Å². The molecule has 1 atom stereocenters. The molecule has 0 aromatic heterocycles. The Labute approximate surface area is 116 Å². The lowest BCUT2D eigenvalue weighted by atomic mass is 10.0. The maximum absolute atomic E-state index is 6.07. The Balaban J connectivity index is 2.37. The number of hydrogen-bond acceptors (Lipinski definition) is 3. The molecule has 0 radical (unpaired) electrons. The summed E-state index contributed by atoms with van der Waals surface area (Å²) < 4.78 is 0. The number of nitrogens with zero attached hydrogens (tertiary/aromatic N) is 1. The molecule has 1 aromatic carbocycles. The van der Waals surface area contributed by atoms with Crippen LogP contribution in [0.25, 0.3) is 0 Å². The van der Waals surface area contributed by atoms with E-state index < -0.39 is 0 Å². The van der Waals surface area contributed by atoms with Gasteiger partial charge in [0.1, 0.15) is 0 Å². The molecule has 0 heterocycles. The third-order valence-electron chi connectivity index (χ3n) is 3.31. The van der Waals surface area contributed by atoms with Gasteiger partial charge in [0.05, 0.1) is 0 Å². The van der Waals surface area contributed by atoms with Gasteiger partial charge in [-0.2, -0.15) is 0 Å². The third-order valence-corrected chi connectivity index (χ3v) is 4.06. The first kappa shape index (κ1) is 15.5. The van der Waals surface area contributed by atoms with Crippen LogP contribution in [0.1, 0.15) is 25.8 Å². The zero-order valence-corrected chi connectivity index (χ0v) is 12.8. The second-order valence-corrected chi connectivity index (χ2v) is 6.16. The van der Waals surface area contributed by atoms with Crippen LogP contribution in [0.3, 0.4) is 0 Å². The van der Waals surface area contributed by atoms with Crippen molar-refractivity contribution in [2.24, 2.45) is 11.7 Å². The number of rotatable bonds is 7. The Kier molecular flexibility index (Phi) is 6.76. The van der Waals surface area contributed by atoms with Crippen molar-refractivity contribution in [3.63, 3.8) is 0 Å². The second-order valence-electron chi connectivity index (χ2n) is 5.28. The summed E-state index contributed by atoms with van der Waals surface area (Å²) >= 11 is 1.78. The van der Waals surface area contributed by atoms with Gasteiger partial charge >= 0.3 is 0 Å². The van der Waals surface area contributed by atoms with E-state index in [1.54, 1.807) is 11.8 Å². The molecule has 0 aliphatic carbocycles. The Morgan fingerprint density at radius 1 is 1.22 bits per heavy atom. The molecule has 0 bridgehead atoms. The summed E-state index contributed by atoms with van der Waals surface area (Å²) in [5.41, 5.74) is 7.44. The van der Waals surface area contributed by atoms with E-state index in [4.69, 9.17) is 5.73 Å². The fourth-order valence-electron chi connectivity index (χ4n) is 1.82. The molecule has 1 unspecified atom stereocenters. The van der Waals surface area contributed by atoms with Crippen LogP contribution in [-0.2, 0) is 6.54 Å². The van der Waals surface area contributed by atoms with E-state index in [0.717, 1.165) is 19.5 Å². The summed E-state index contributed by atoms with van der Waals surface area (Å²) in [6.45, 7) is 6.43. The van der Waals surface area contributed by atoms with Gasteiger partial charge in [-0.1, -0.05) is 26.0 Å².